The average Bonchev–Trinajstić information content (AvgIpc) is 3.05. The highest BCUT2D eigenvalue weighted by molar-refractivity contribution is 9.10. The molecule has 0 aliphatic rings. The van der Waals surface area contributed by atoms with Gasteiger partial charge in [0.25, 0.3) is 0 Å². The van der Waals surface area contributed by atoms with Crippen LogP contribution in [0.15, 0.2) is 51.6 Å². The molecule has 2 aromatic heterocycles. The summed E-state index contributed by atoms with van der Waals surface area (Å²) >= 11 is 5.28. The predicted molar refractivity (Wildman–Crippen MR) is 92.6 cm³/mol. The molecule has 5 heteroatoms. The van der Waals surface area contributed by atoms with Crippen molar-refractivity contribution in [2.24, 2.45) is 0 Å². The quantitative estimate of drug-likeness (QED) is 0.706. The van der Waals surface area contributed by atoms with Gasteiger partial charge in [-0.2, -0.15) is 11.3 Å². The number of halogens is 1. The van der Waals surface area contributed by atoms with Crippen LogP contribution in [0.2, 0.25) is 0 Å². The minimum absolute atomic E-state index is 0.745. The first-order valence-corrected chi connectivity index (χ1v) is 8.42. The number of aromatic nitrogens is 2. The van der Waals surface area contributed by atoms with Gasteiger partial charge in [0.2, 0.25) is 0 Å². The monoisotopic (exact) mass is 359 g/mol. The molecule has 0 unspecified atom stereocenters. The third-order valence-electron chi connectivity index (χ3n) is 3.02. The molecule has 0 saturated carbocycles. The number of benzene rings is 1. The predicted octanol–water partition coefficient (Wildman–Crippen LogP) is 5.07. The molecule has 0 aliphatic heterocycles. The van der Waals surface area contributed by atoms with Crippen LogP contribution in [0.4, 0.5) is 5.82 Å². The van der Waals surface area contributed by atoms with Crippen LogP contribution in [0.25, 0.3) is 22.6 Å². The highest BCUT2D eigenvalue weighted by Crippen LogP contribution is 2.34. The minimum Gasteiger partial charge on any atom is -0.369 e. The van der Waals surface area contributed by atoms with E-state index in [4.69, 9.17) is 4.98 Å². The number of anilines is 1. The Balaban J connectivity index is 2.18. The van der Waals surface area contributed by atoms with E-state index in [1.54, 1.807) is 11.3 Å². The molecule has 0 aliphatic carbocycles. The number of rotatable bonds is 4. The van der Waals surface area contributed by atoms with Crippen LogP contribution in [-0.4, -0.2) is 16.5 Å². The minimum atomic E-state index is 0.745. The zero-order chi connectivity index (χ0) is 14.7. The summed E-state index contributed by atoms with van der Waals surface area (Å²) in [6, 6.07) is 12.2. The molecule has 0 atom stereocenters. The largest absolute Gasteiger partial charge is 0.369 e. The molecule has 106 valence electrons. The van der Waals surface area contributed by atoms with Gasteiger partial charge in [-0.25, -0.2) is 9.97 Å². The van der Waals surface area contributed by atoms with Gasteiger partial charge in [-0.05, 0) is 34.3 Å². The second-order valence-corrected chi connectivity index (χ2v) is 6.04. The van der Waals surface area contributed by atoms with E-state index in [0.717, 1.165) is 39.5 Å². The van der Waals surface area contributed by atoms with Crippen LogP contribution < -0.4 is 5.32 Å². The van der Waals surface area contributed by atoms with Gasteiger partial charge in [-0.3, -0.25) is 0 Å². The first kappa shape index (κ1) is 14.2. The van der Waals surface area contributed by atoms with Crippen LogP contribution in [0.5, 0.6) is 0 Å². The van der Waals surface area contributed by atoms with Crippen molar-refractivity contribution < 1.29 is 0 Å². The van der Waals surface area contributed by atoms with E-state index < -0.39 is 0 Å². The van der Waals surface area contributed by atoms with Gasteiger partial charge in [0.1, 0.15) is 5.82 Å². The van der Waals surface area contributed by atoms with Gasteiger partial charge in [0.15, 0.2) is 5.82 Å². The summed E-state index contributed by atoms with van der Waals surface area (Å²) in [7, 11) is 0. The fraction of sp³-hybridized carbons (Fsp3) is 0.125. The molecular weight excluding hydrogens is 346 g/mol. The van der Waals surface area contributed by atoms with Crippen molar-refractivity contribution in [3.8, 4) is 22.6 Å². The number of hydrogen-bond acceptors (Lipinski definition) is 4. The first-order chi connectivity index (χ1) is 10.3. The number of nitrogens with one attached hydrogen (secondary N) is 1. The van der Waals surface area contributed by atoms with Crippen LogP contribution in [-0.2, 0) is 0 Å². The maximum atomic E-state index is 4.74. The van der Waals surface area contributed by atoms with E-state index in [9.17, 15) is 0 Å². The molecule has 2 heterocycles. The molecular formula is C16H14BrN3S. The van der Waals surface area contributed by atoms with Gasteiger partial charge < -0.3 is 5.32 Å². The van der Waals surface area contributed by atoms with E-state index in [2.05, 4.69) is 50.7 Å². The normalized spacial score (nSPS) is 10.6. The van der Waals surface area contributed by atoms with Crippen LogP contribution in [0.3, 0.4) is 0 Å². The van der Waals surface area contributed by atoms with Crippen molar-refractivity contribution in [2.45, 2.75) is 6.92 Å². The van der Waals surface area contributed by atoms with Gasteiger partial charge in [-0.1, -0.05) is 30.3 Å². The van der Waals surface area contributed by atoms with E-state index in [1.165, 1.54) is 0 Å². The Bertz CT molecular complexity index is 727. The topological polar surface area (TPSA) is 37.8 Å². The smallest absolute Gasteiger partial charge is 0.163 e. The van der Waals surface area contributed by atoms with Gasteiger partial charge in [0, 0.05) is 23.1 Å². The summed E-state index contributed by atoms with van der Waals surface area (Å²) < 4.78 is 0.898. The Kier molecular flexibility index (Phi) is 4.31. The summed E-state index contributed by atoms with van der Waals surface area (Å²) in [5.74, 6) is 1.57. The fourth-order valence-corrected chi connectivity index (χ4v) is 3.22. The van der Waals surface area contributed by atoms with Crippen molar-refractivity contribution >= 4 is 33.1 Å². The Morgan fingerprint density at radius 2 is 1.90 bits per heavy atom. The Morgan fingerprint density at radius 3 is 2.57 bits per heavy atom. The summed E-state index contributed by atoms with van der Waals surface area (Å²) in [5.41, 5.74) is 3.02. The summed E-state index contributed by atoms with van der Waals surface area (Å²) in [6.45, 7) is 2.87. The van der Waals surface area contributed by atoms with Gasteiger partial charge in [0.05, 0.1) is 10.2 Å². The van der Waals surface area contributed by atoms with Crippen LogP contribution in [0.1, 0.15) is 6.92 Å². The average molecular weight is 360 g/mol. The summed E-state index contributed by atoms with van der Waals surface area (Å²) in [4.78, 5) is 9.36. The van der Waals surface area contributed by atoms with E-state index >= 15 is 0 Å². The molecule has 0 saturated heterocycles. The third-order valence-corrected chi connectivity index (χ3v) is 4.46. The Morgan fingerprint density at radius 1 is 1.10 bits per heavy atom. The van der Waals surface area contributed by atoms with Crippen molar-refractivity contribution in [2.75, 3.05) is 11.9 Å². The Labute approximate surface area is 136 Å². The van der Waals surface area contributed by atoms with Crippen molar-refractivity contribution in [3.63, 3.8) is 0 Å². The zero-order valence-corrected chi connectivity index (χ0v) is 13.9. The number of hydrogen-bond donors (Lipinski definition) is 1. The molecule has 3 aromatic rings. The maximum absolute atomic E-state index is 4.74. The highest BCUT2D eigenvalue weighted by Gasteiger charge is 2.14. The molecule has 21 heavy (non-hydrogen) atoms. The third kappa shape index (κ3) is 2.99. The van der Waals surface area contributed by atoms with E-state index in [1.807, 2.05) is 29.6 Å². The lowest BCUT2D eigenvalue weighted by molar-refractivity contribution is 1.11. The molecule has 0 spiro atoms. The molecule has 3 rings (SSSR count). The van der Waals surface area contributed by atoms with Crippen LogP contribution in [0, 0.1) is 0 Å². The number of thiophene rings is 1. The first-order valence-electron chi connectivity index (χ1n) is 6.69. The Hall–Kier alpha value is -1.72. The number of nitrogens with zero attached hydrogens (tertiary/aromatic N) is 2. The molecule has 0 amide bonds. The second kappa shape index (κ2) is 6.37. The zero-order valence-electron chi connectivity index (χ0n) is 11.5. The molecule has 0 bridgehead atoms. The highest BCUT2D eigenvalue weighted by atomic mass is 79.9. The fourth-order valence-electron chi connectivity index (χ4n) is 2.04. The lowest BCUT2D eigenvalue weighted by Crippen LogP contribution is -2.04. The van der Waals surface area contributed by atoms with Crippen LogP contribution >= 0.6 is 27.3 Å². The SMILES string of the molecule is CCNc1nc(-c2ccsc2)nc(-c2ccccc2)c1Br. The van der Waals surface area contributed by atoms with Crippen molar-refractivity contribution in [1.29, 1.82) is 0 Å². The molecule has 0 fully saturated rings. The van der Waals surface area contributed by atoms with Crippen molar-refractivity contribution in [3.05, 3.63) is 51.6 Å². The van der Waals surface area contributed by atoms with Crippen molar-refractivity contribution in [1.82, 2.24) is 9.97 Å². The standard InChI is InChI=1S/C16H14BrN3S/c1-2-18-16-13(17)14(11-6-4-3-5-7-11)19-15(20-16)12-8-9-21-10-12/h3-10H,2H2,1H3,(H,18,19,20). The molecule has 3 nitrogen and oxygen atoms in total. The van der Waals surface area contributed by atoms with E-state index in [0.29, 0.717) is 0 Å². The maximum Gasteiger partial charge on any atom is 0.163 e. The van der Waals surface area contributed by atoms with E-state index in [-0.39, 0.29) is 0 Å². The lowest BCUT2D eigenvalue weighted by Gasteiger charge is -2.12. The second-order valence-electron chi connectivity index (χ2n) is 4.47. The molecule has 0 radical (unpaired) electrons. The van der Waals surface area contributed by atoms with Gasteiger partial charge in [-0.15, -0.1) is 0 Å². The summed E-state index contributed by atoms with van der Waals surface area (Å²) in [6.07, 6.45) is 0. The molecule has 1 aromatic carbocycles. The summed E-state index contributed by atoms with van der Waals surface area (Å²) in [5, 5.41) is 7.39. The molecule has 1 N–H and O–H groups in total. The lowest BCUT2D eigenvalue weighted by atomic mass is 10.1. The van der Waals surface area contributed by atoms with Gasteiger partial charge >= 0.3 is 0 Å².